The zero-order chi connectivity index (χ0) is 21.3. The third kappa shape index (κ3) is 3.76. The maximum absolute atomic E-state index is 11.7. The number of carbonyl (C=O) groups excluding carboxylic acids is 1. The summed E-state index contributed by atoms with van der Waals surface area (Å²) in [6.07, 6.45) is -1.83. The molecule has 16 heteroatoms. The fraction of sp³-hybridized carbons (Fsp3) is 0.357. The molecule has 0 bridgehead atoms. The molecule has 3 aromatic rings. The third-order valence-corrected chi connectivity index (χ3v) is 4.86. The van der Waals surface area contributed by atoms with Crippen LogP contribution in [-0.2, 0) is 4.74 Å². The number of ether oxygens (including phenoxy) is 1. The maximum Gasteiger partial charge on any atom is 0.342 e. The number of thiazole rings is 1. The fourth-order valence-corrected chi connectivity index (χ4v) is 3.32. The molecule has 4 atom stereocenters. The molecule has 1 fully saturated rings. The molecule has 0 spiro atoms. The van der Waals surface area contributed by atoms with Gasteiger partial charge in [-0.15, -0.1) is 11.3 Å². The van der Waals surface area contributed by atoms with Crippen molar-refractivity contribution in [2.75, 3.05) is 17.7 Å². The number of rotatable bonds is 5. The van der Waals surface area contributed by atoms with Gasteiger partial charge in [0, 0.05) is 11.6 Å². The van der Waals surface area contributed by atoms with E-state index in [4.69, 9.17) is 10.5 Å². The van der Waals surface area contributed by atoms with Gasteiger partial charge in [-0.2, -0.15) is 9.97 Å². The molecular weight excluding hydrogens is 420 g/mol. The number of aliphatic hydroxyl groups excluding tert-OH is 3. The molecule has 30 heavy (non-hydrogen) atoms. The van der Waals surface area contributed by atoms with Crippen molar-refractivity contribution in [2.24, 2.45) is 10.3 Å². The summed E-state index contributed by atoms with van der Waals surface area (Å²) in [5, 5.41) is 41.2. The maximum atomic E-state index is 11.7. The predicted molar refractivity (Wildman–Crippen MR) is 102 cm³/mol. The van der Waals surface area contributed by atoms with Crippen LogP contribution in [0.3, 0.4) is 0 Å². The average Bonchev–Trinajstić information content (AvgIpc) is 3.43. The first-order chi connectivity index (χ1) is 14.5. The van der Waals surface area contributed by atoms with E-state index < -0.39 is 37.2 Å². The number of hydrogen-bond acceptors (Lipinski definition) is 13. The van der Waals surface area contributed by atoms with Crippen LogP contribution in [0.5, 0.6) is 0 Å². The van der Waals surface area contributed by atoms with Crippen molar-refractivity contribution in [3.8, 4) is 0 Å². The van der Waals surface area contributed by atoms with Crippen LogP contribution >= 0.6 is 11.3 Å². The molecule has 0 radical (unpaired) electrons. The molecular formula is C14H16N10O5S. The molecule has 4 heterocycles. The second kappa shape index (κ2) is 8.20. The van der Waals surface area contributed by atoms with E-state index in [1.165, 1.54) is 28.4 Å². The van der Waals surface area contributed by atoms with Crippen LogP contribution in [0.4, 0.5) is 21.7 Å². The van der Waals surface area contributed by atoms with Gasteiger partial charge >= 0.3 is 6.03 Å². The molecule has 4 rings (SSSR count). The molecule has 7 N–H and O–H groups in total. The van der Waals surface area contributed by atoms with Gasteiger partial charge in [0.15, 0.2) is 22.8 Å². The third-order valence-electron chi connectivity index (χ3n) is 4.17. The van der Waals surface area contributed by atoms with Crippen LogP contribution in [-0.4, -0.2) is 70.8 Å². The van der Waals surface area contributed by atoms with E-state index in [1.807, 2.05) is 0 Å². The fourth-order valence-electron chi connectivity index (χ4n) is 2.79. The largest absolute Gasteiger partial charge is 0.394 e. The molecule has 0 aromatic carbocycles. The lowest BCUT2D eigenvalue weighted by Crippen LogP contribution is -2.33. The first-order valence-corrected chi connectivity index (χ1v) is 9.35. The summed E-state index contributed by atoms with van der Waals surface area (Å²) in [5.74, 6) is -0.213. The van der Waals surface area contributed by atoms with Crippen LogP contribution in [0.25, 0.3) is 11.2 Å². The summed E-state index contributed by atoms with van der Waals surface area (Å²) >= 11 is 1.23. The lowest BCUT2D eigenvalue weighted by atomic mass is 10.1. The summed E-state index contributed by atoms with van der Waals surface area (Å²) in [5.41, 5.74) is 8.37. The van der Waals surface area contributed by atoms with E-state index in [1.54, 1.807) is 5.38 Å². The molecule has 0 saturated carbocycles. The van der Waals surface area contributed by atoms with Crippen LogP contribution in [0.1, 0.15) is 6.23 Å². The summed E-state index contributed by atoms with van der Waals surface area (Å²) in [6, 6.07) is -0.667. The van der Waals surface area contributed by atoms with E-state index >= 15 is 0 Å². The van der Waals surface area contributed by atoms with Crippen LogP contribution in [0.15, 0.2) is 28.2 Å². The molecule has 0 aliphatic carbocycles. The highest BCUT2D eigenvalue weighted by Gasteiger charge is 2.44. The van der Waals surface area contributed by atoms with Gasteiger partial charge in [0.25, 0.3) is 5.95 Å². The van der Waals surface area contributed by atoms with Crippen molar-refractivity contribution in [3.63, 3.8) is 0 Å². The summed E-state index contributed by atoms with van der Waals surface area (Å²) in [7, 11) is 0. The number of nitrogens with zero attached hydrogens (tertiary/aromatic N) is 7. The van der Waals surface area contributed by atoms with Gasteiger partial charge in [0.1, 0.15) is 23.8 Å². The van der Waals surface area contributed by atoms with E-state index in [0.29, 0.717) is 5.13 Å². The highest BCUT2D eigenvalue weighted by molar-refractivity contribution is 7.13. The van der Waals surface area contributed by atoms with Gasteiger partial charge < -0.3 is 25.8 Å². The molecule has 15 nitrogen and oxygen atoms in total. The Morgan fingerprint density at radius 2 is 2.17 bits per heavy atom. The number of aliphatic hydroxyl groups is 3. The number of nitrogens with two attached hydrogens (primary N) is 1. The number of hydrogen-bond donors (Lipinski definition) is 6. The zero-order valence-electron chi connectivity index (χ0n) is 15.0. The zero-order valence-corrected chi connectivity index (χ0v) is 15.8. The minimum atomic E-state index is -1.34. The van der Waals surface area contributed by atoms with Crippen LogP contribution < -0.4 is 16.5 Å². The Morgan fingerprint density at radius 3 is 2.87 bits per heavy atom. The van der Waals surface area contributed by atoms with Gasteiger partial charge in [0.2, 0.25) is 0 Å². The average molecular weight is 436 g/mol. The second-order valence-electron chi connectivity index (χ2n) is 6.06. The molecule has 158 valence electrons. The number of nitrogens with one attached hydrogen (secondary N) is 2. The number of imidazole rings is 1. The monoisotopic (exact) mass is 436 g/mol. The Bertz CT molecular complexity index is 1070. The quantitative estimate of drug-likeness (QED) is 0.218. The summed E-state index contributed by atoms with van der Waals surface area (Å²) in [6.45, 7) is -0.479. The van der Waals surface area contributed by atoms with Gasteiger partial charge in [-0.3, -0.25) is 9.88 Å². The number of aromatic nitrogens is 5. The smallest absolute Gasteiger partial charge is 0.342 e. The Labute approximate surface area is 171 Å². The summed E-state index contributed by atoms with van der Waals surface area (Å²) < 4.78 is 6.81. The number of anilines is 2. The topological polar surface area (TPSA) is 218 Å². The Hall–Kier alpha value is -3.31. The highest BCUT2D eigenvalue weighted by atomic mass is 32.1. The van der Waals surface area contributed by atoms with Crippen molar-refractivity contribution < 1.29 is 24.9 Å². The number of fused-ring (bicyclic) bond motifs is 1. The van der Waals surface area contributed by atoms with Gasteiger partial charge in [-0.05, 0) is 0 Å². The van der Waals surface area contributed by atoms with Crippen molar-refractivity contribution in [2.45, 2.75) is 24.5 Å². The molecule has 1 aliphatic rings. The second-order valence-corrected chi connectivity index (χ2v) is 6.96. The Morgan fingerprint density at radius 1 is 1.33 bits per heavy atom. The normalized spacial score (nSPS) is 24.0. The summed E-state index contributed by atoms with van der Waals surface area (Å²) in [4.78, 5) is 27.8. The van der Waals surface area contributed by atoms with E-state index in [0.717, 1.165) is 0 Å². The number of nitrogen functional groups attached to an aromatic ring is 1. The predicted octanol–water partition coefficient (Wildman–Crippen LogP) is -0.703. The first kappa shape index (κ1) is 20.0. The highest BCUT2D eigenvalue weighted by Crippen LogP contribution is 2.32. The first-order valence-electron chi connectivity index (χ1n) is 8.47. The minimum absolute atomic E-state index is 0.0216. The Balaban J connectivity index is 1.54. The Kier molecular flexibility index (Phi) is 5.46. The SMILES string of the molecule is Nc1nc(N=NNC(=O)Nc2nccs2)nc2c1ncn2[C@@H]1O[C@H](CO)[C@@H](O)[C@H]1O. The molecule has 2 amide bonds. The molecule has 0 unspecified atom stereocenters. The standard InChI is InChI=1S/C14H16N10O5S/c15-9-6-10(24(4-17-6)11-8(27)7(26)5(3-25)29-11)19-12(18-9)21-23-22-13(28)20-14-16-1-2-30-14/h1-2,4-5,7-8,11,25-27H,3H2,(H4,15,16,18,19,20,21,22,28)/t5-,7-,8-,11-/m1/s1. The van der Waals surface area contributed by atoms with E-state index in [-0.39, 0.29) is 22.9 Å². The van der Waals surface area contributed by atoms with Gasteiger partial charge in [-0.25, -0.2) is 20.2 Å². The van der Waals surface area contributed by atoms with Crippen molar-refractivity contribution >= 4 is 45.4 Å². The van der Waals surface area contributed by atoms with Crippen LogP contribution in [0, 0.1) is 0 Å². The molecule has 1 aliphatic heterocycles. The van der Waals surface area contributed by atoms with Crippen molar-refractivity contribution in [1.29, 1.82) is 0 Å². The van der Waals surface area contributed by atoms with Crippen molar-refractivity contribution in [3.05, 3.63) is 17.9 Å². The molecule has 1 saturated heterocycles. The van der Waals surface area contributed by atoms with Gasteiger partial charge in [-0.1, -0.05) is 10.3 Å². The number of amides is 2. The number of carbonyl (C=O) groups is 1. The minimum Gasteiger partial charge on any atom is -0.394 e. The molecule has 3 aromatic heterocycles. The lowest BCUT2D eigenvalue weighted by Gasteiger charge is -2.16. The van der Waals surface area contributed by atoms with Crippen LogP contribution in [0.2, 0.25) is 0 Å². The number of urea groups is 1. The van der Waals surface area contributed by atoms with Crippen molar-refractivity contribution in [1.82, 2.24) is 29.9 Å². The van der Waals surface area contributed by atoms with Gasteiger partial charge in [0.05, 0.1) is 12.9 Å². The van der Waals surface area contributed by atoms with E-state index in [9.17, 15) is 20.1 Å². The van der Waals surface area contributed by atoms with E-state index in [2.05, 4.69) is 41.0 Å². The lowest BCUT2D eigenvalue weighted by molar-refractivity contribution is -0.0511.